The molecule has 0 aromatic carbocycles. The molecule has 0 bridgehead atoms. The van der Waals surface area contributed by atoms with Crippen molar-refractivity contribution in [3.8, 4) is 0 Å². The highest BCUT2D eigenvalue weighted by molar-refractivity contribution is 5.31. The van der Waals surface area contributed by atoms with Gasteiger partial charge in [0, 0.05) is 5.69 Å². The van der Waals surface area contributed by atoms with Crippen LogP contribution in [0.15, 0.2) is 0 Å². The van der Waals surface area contributed by atoms with Crippen molar-refractivity contribution in [1.82, 2.24) is 10.2 Å². The van der Waals surface area contributed by atoms with E-state index in [0.717, 1.165) is 0 Å². The average Bonchev–Trinajstić information content (AvgIpc) is 2.44. The fourth-order valence-corrected chi connectivity index (χ4v) is 1.14. The first kappa shape index (κ1) is 13.7. The Hall–Kier alpha value is -1.35. The number of aromatic nitrogens is 2. The van der Waals surface area contributed by atoms with Crippen molar-refractivity contribution in [3.63, 3.8) is 0 Å². The van der Waals surface area contributed by atoms with Crippen LogP contribution in [0.1, 0.15) is 17.0 Å². The molecule has 0 aliphatic rings. The van der Waals surface area contributed by atoms with Crippen molar-refractivity contribution >= 4 is 0 Å². The van der Waals surface area contributed by atoms with Crippen LogP contribution in [0.3, 0.4) is 0 Å². The molecule has 0 saturated heterocycles. The molecule has 0 aliphatic heterocycles. The van der Waals surface area contributed by atoms with Gasteiger partial charge in [0.25, 0.3) is 0 Å². The van der Waals surface area contributed by atoms with Gasteiger partial charge >= 0.3 is 18.3 Å². The van der Waals surface area contributed by atoms with Gasteiger partial charge in [-0.05, 0) is 6.92 Å². The fraction of sp³-hybridized carbons (Fsp3) is 0.571. The summed E-state index contributed by atoms with van der Waals surface area (Å²) in [6, 6.07) is 0. The molecule has 1 N–H and O–H groups in total. The van der Waals surface area contributed by atoms with E-state index in [0.29, 0.717) is 6.92 Å². The number of alkyl halides is 8. The molecule has 0 unspecified atom stereocenters. The lowest BCUT2D eigenvalue weighted by Gasteiger charge is -2.19. The highest BCUT2D eigenvalue weighted by Gasteiger charge is 2.63. The van der Waals surface area contributed by atoms with E-state index < -0.39 is 35.2 Å². The van der Waals surface area contributed by atoms with Crippen LogP contribution in [-0.2, 0) is 12.1 Å². The number of nitrogens with zero attached hydrogens (tertiary/aromatic N) is 1. The molecule has 0 fully saturated rings. The zero-order valence-corrected chi connectivity index (χ0v) is 7.97. The number of aryl methyl sites for hydroxylation is 1. The third kappa shape index (κ3) is 2.20. The monoisotopic (exact) mass is 268 g/mol. The van der Waals surface area contributed by atoms with Crippen molar-refractivity contribution in [2.45, 2.75) is 25.2 Å². The summed E-state index contributed by atoms with van der Waals surface area (Å²) in [6.45, 7) is 0.700. The molecule has 0 saturated carbocycles. The third-order valence-corrected chi connectivity index (χ3v) is 1.88. The smallest absolute Gasteiger partial charge is 0.282 e. The predicted molar refractivity (Wildman–Crippen MR) is 38.3 cm³/mol. The maximum absolute atomic E-state index is 12.8. The fourth-order valence-electron chi connectivity index (χ4n) is 1.14. The Balaban J connectivity index is 3.45. The minimum absolute atomic E-state index is 0.700. The molecule has 1 aromatic rings. The second-order valence-electron chi connectivity index (χ2n) is 3.14. The molecule has 2 nitrogen and oxygen atoms in total. The van der Waals surface area contributed by atoms with Crippen LogP contribution in [0.5, 0.6) is 0 Å². The number of halogens is 8. The van der Waals surface area contributed by atoms with Crippen LogP contribution in [0.4, 0.5) is 35.1 Å². The molecule has 0 radical (unpaired) electrons. The Morgan fingerprint density at radius 2 is 1.41 bits per heavy atom. The van der Waals surface area contributed by atoms with Gasteiger partial charge in [-0.1, -0.05) is 0 Å². The number of nitrogens with one attached hydrogen (secondary N) is 1. The van der Waals surface area contributed by atoms with Gasteiger partial charge in [-0.2, -0.15) is 40.2 Å². The van der Waals surface area contributed by atoms with Crippen molar-refractivity contribution in [1.29, 1.82) is 0 Å². The number of aromatic amines is 1. The second kappa shape index (κ2) is 3.57. The van der Waals surface area contributed by atoms with Crippen LogP contribution in [0.25, 0.3) is 0 Å². The largest absolute Gasteiger partial charge is 0.459 e. The zero-order chi connectivity index (χ0) is 13.6. The van der Waals surface area contributed by atoms with Crippen LogP contribution < -0.4 is 0 Å². The summed E-state index contributed by atoms with van der Waals surface area (Å²) < 4.78 is 98.2. The summed E-state index contributed by atoms with van der Waals surface area (Å²) in [5, 5.41) is 3.88. The minimum atomic E-state index is -6.14. The molecule has 0 spiro atoms. The second-order valence-corrected chi connectivity index (χ2v) is 3.14. The van der Waals surface area contributed by atoms with E-state index in [1.165, 1.54) is 5.10 Å². The SMILES string of the molecule is Cc1[nH]nc(C(F)(F)C(F)(F)F)c1C(F)(F)F. The van der Waals surface area contributed by atoms with Crippen molar-refractivity contribution in [2.24, 2.45) is 0 Å². The summed E-state index contributed by atoms with van der Waals surface area (Å²) >= 11 is 0. The van der Waals surface area contributed by atoms with Gasteiger partial charge in [0.15, 0.2) is 5.69 Å². The number of hydrogen-bond donors (Lipinski definition) is 1. The summed E-state index contributed by atoms with van der Waals surface area (Å²) in [6.07, 6.45) is -11.5. The minimum Gasteiger partial charge on any atom is -0.282 e. The molecular weight excluding hydrogens is 264 g/mol. The van der Waals surface area contributed by atoms with Crippen LogP contribution in [-0.4, -0.2) is 16.4 Å². The van der Waals surface area contributed by atoms with E-state index in [1.54, 1.807) is 0 Å². The van der Waals surface area contributed by atoms with E-state index in [4.69, 9.17) is 0 Å². The highest BCUT2D eigenvalue weighted by Crippen LogP contribution is 2.47. The Labute approximate surface area is 88.6 Å². The molecule has 0 atom stereocenters. The molecule has 1 rings (SSSR count). The maximum atomic E-state index is 12.8. The topological polar surface area (TPSA) is 28.7 Å². The van der Waals surface area contributed by atoms with E-state index in [-0.39, 0.29) is 0 Å². The first-order valence-electron chi connectivity index (χ1n) is 3.96. The van der Waals surface area contributed by atoms with Gasteiger partial charge < -0.3 is 0 Å². The van der Waals surface area contributed by atoms with Crippen molar-refractivity contribution < 1.29 is 35.1 Å². The average molecular weight is 268 g/mol. The Kier molecular flexibility index (Phi) is 2.88. The van der Waals surface area contributed by atoms with Gasteiger partial charge in [-0.3, -0.25) is 5.10 Å². The van der Waals surface area contributed by atoms with Crippen molar-refractivity contribution in [3.05, 3.63) is 17.0 Å². The quantitative estimate of drug-likeness (QED) is 0.777. The summed E-state index contributed by atoms with van der Waals surface area (Å²) in [7, 11) is 0. The van der Waals surface area contributed by atoms with Gasteiger partial charge in [-0.15, -0.1) is 0 Å². The lowest BCUT2D eigenvalue weighted by Crippen LogP contribution is -2.36. The van der Waals surface area contributed by atoms with Gasteiger partial charge in [-0.25, -0.2) is 0 Å². The van der Waals surface area contributed by atoms with Crippen LogP contribution in [0, 0.1) is 6.92 Å². The van der Waals surface area contributed by atoms with Gasteiger partial charge in [0.2, 0.25) is 0 Å². The number of H-pyrrole nitrogens is 1. The Morgan fingerprint density at radius 1 is 0.941 bits per heavy atom. The van der Waals surface area contributed by atoms with E-state index in [1.807, 2.05) is 0 Å². The normalized spacial score (nSPS) is 14.2. The summed E-state index contributed by atoms with van der Waals surface area (Å²) in [4.78, 5) is 0. The highest BCUT2D eigenvalue weighted by atomic mass is 19.4. The van der Waals surface area contributed by atoms with E-state index >= 15 is 0 Å². The molecule has 10 heteroatoms. The summed E-state index contributed by atoms with van der Waals surface area (Å²) in [5.74, 6) is -5.66. The third-order valence-electron chi connectivity index (χ3n) is 1.88. The number of hydrogen-bond acceptors (Lipinski definition) is 1. The molecule has 98 valence electrons. The lowest BCUT2D eigenvalue weighted by molar-refractivity contribution is -0.292. The Morgan fingerprint density at radius 3 is 1.76 bits per heavy atom. The molecular formula is C7H4F8N2. The molecule has 1 aromatic heterocycles. The first-order chi connectivity index (χ1) is 7.39. The Bertz CT molecular complexity index is 412. The summed E-state index contributed by atoms with van der Waals surface area (Å²) in [5.41, 5.74) is -5.37. The van der Waals surface area contributed by atoms with E-state index in [9.17, 15) is 35.1 Å². The molecule has 17 heavy (non-hydrogen) atoms. The zero-order valence-electron chi connectivity index (χ0n) is 7.97. The van der Waals surface area contributed by atoms with E-state index in [2.05, 4.69) is 5.10 Å². The predicted octanol–water partition coefficient (Wildman–Crippen LogP) is 3.39. The van der Waals surface area contributed by atoms with Crippen molar-refractivity contribution in [2.75, 3.05) is 0 Å². The molecule has 0 amide bonds. The van der Waals surface area contributed by atoms with Crippen LogP contribution in [0.2, 0.25) is 0 Å². The first-order valence-corrected chi connectivity index (χ1v) is 3.96. The lowest BCUT2D eigenvalue weighted by atomic mass is 10.1. The standard InChI is InChI=1S/C7H4F8N2/c1-2-3(6(10,11)12)4(17-16-2)5(8,9)7(13,14)15/h1H3,(H,16,17). The van der Waals surface area contributed by atoms with Gasteiger partial charge in [0.1, 0.15) is 5.56 Å². The maximum Gasteiger partial charge on any atom is 0.459 e. The van der Waals surface area contributed by atoms with Gasteiger partial charge in [0.05, 0.1) is 0 Å². The molecule has 0 aliphatic carbocycles. The molecule has 1 heterocycles. The number of rotatable bonds is 1. The van der Waals surface area contributed by atoms with Crippen LogP contribution >= 0.6 is 0 Å².